The lowest BCUT2D eigenvalue weighted by molar-refractivity contribution is -0.147. The lowest BCUT2D eigenvalue weighted by Gasteiger charge is -2.12. The van der Waals surface area contributed by atoms with Gasteiger partial charge in [-0.2, -0.15) is 5.26 Å². The van der Waals surface area contributed by atoms with Gasteiger partial charge in [-0.15, -0.1) is 0 Å². The van der Waals surface area contributed by atoms with E-state index in [1.807, 2.05) is 0 Å². The molecule has 1 aromatic carbocycles. The molecular formula is C10H8FNO2. The molecule has 1 aromatic rings. The van der Waals surface area contributed by atoms with Gasteiger partial charge in [-0.05, 0) is 6.92 Å². The van der Waals surface area contributed by atoms with Crippen molar-refractivity contribution in [1.29, 1.82) is 5.26 Å². The molecule has 0 saturated heterocycles. The molecule has 0 aliphatic rings. The number of aryl methyl sites for hydroxylation is 1. The topological polar surface area (TPSA) is 61.1 Å². The zero-order chi connectivity index (χ0) is 10.8. The third kappa shape index (κ3) is 1.57. The van der Waals surface area contributed by atoms with Gasteiger partial charge in [0.05, 0.1) is 0 Å². The fourth-order valence-electron chi connectivity index (χ4n) is 1.02. The largest absolute Gasteiger partial charge is 0.478 e. The molecule has 0 heterocycles. The van der Waals surface area contributed by atoms with Gasteiger partial charge in [0.15, 0.2) is 0 Å². The van der Waals surface area contributed by atoms with Crippen LogP contribution in [0.2, 0.25) is 0 Å². The number of nitrogens with zero attached hydrogens (tertiary/aromatic N) is 1. The van der Waals surface area contributed by atoms with Gasteiger partial charge >= 0.3 is 11.6 Å². The number of halogens is 1. The summed E-state index contributed by atoms with van der Waals surface area (Å²) in [6.45, 7) is 1.79. The van der Waals surface area contributed by atoms with Gasteiger partial charge in [0, 0.05) is 5.56 Å². The quantitative estimate of drug-likeness (QED) is 0.778. The monoisotopic (exact) mass is 193 g/mol. The van der Waals surface area contributed by atoms with Crippen molar-refractivity contribution in [2.45, 2.75) is 12.6 Å². The number of hydrogen-bond acceptors (Lipinski definition) is 2. The number of carboxylic acids is 1. The molecule has 0 aliphatic carbocycles. The van der Waals surface area contributed by atoms with Crippen molar-refractivity contribution in [3.05, 3.63) is 35.4 Å². The van der Waals surface area contributed by atoms with E-state index in [4.69, 9.17) is 10.4 Å². The summed E-state index contributed by atoms with van der Waals surface area (Å²) in [7, 11) is 0. The van der Waals surface area contributed by atoms with Crippen LogP contribution in [0, 0.1) is 18.3 Å². The fraction of sp³-hybridized carbons (Fsp3) is 0.200. The van der Waals surface area contributed by atoms with Crippen LogP contribution in [0.1, 0.15) is 11.1 Å². The third-order valence-electron chi connectivity index (χ3n) is 1.90. The van der Waals surface area contributed by atoms with Crippen LogP contribution in [0.5, 0.6) is 0 Å². The molecule has 0 radical (unpaired) electrons. The fourth-order valence-corrected chi connectivity index (χ4v) is 1.02. The van der Waals surface area contributed by atoms with Crippen molar-refractivity contribution in [3.8, 4) is 6.07 Å². The minimum absolute atomic E-state index is 0.155. The first-order valence-electron chi connectivity index (χ1n) is 3.91. The van der Waals surface area contributed by atoms with Crippen molar-refractivity contribution in [1.82, 2.24) is 0 Å². The Morgan fingerprint density at radius 2 is 2.00 bits per heavy atom. The Morgan fingerprint density at radius 1 is 1.50 bits per heavy atom. The SMILES string of the molecule is Cc1ccc([C@](F)(C#N)C(=O)O)cc1. The smallest absolute Gasteiger partial charge is 0.361 e. The predicted octanol–water partition coefficient (Wildman–Crippen LogP) is 1.77. The van der Waals surface area contributed by atoms with Gasteiger partial charge in [-0.25, -0.2) is 9.18 Å². The standard InChI is InChI=1S/C10H8FNO2/c1-7-2-4-8(5-3-7)10(11,6-12)9(13)14/h2-5H,1H3,(H,13,14)/t10-/m1/s1. The summed E-state index contributed by atoms with van der Waals surface area (Å²) >= 11 is 0. The number of carboxylic acid groups (broad SMARTS) is 1. The number of hydrogen-bond donors (Lipinski definition) is 1. The van der Waals surface area contributed by atoms with E-state index in [-0.39, 0.29) is 5.56 Å². The molecule has 0 bridgehead atoms. The molecule has 1 atom stereocenters. The molecule has 0 unspecified atom stereocenters. The van der Waals surface area contributed by atoms with Gasteiger partial charge in [-0.3, -0.25) is 0 Å². The first kappa shape index (κ1) is 10.2. The summed E-state index contributed by atoms with van der Waals surface area (Å²) in [6, 6.07) is 6.86. The first-order chi connectivity index (χ1) is 6.50. The van der Waals surface area contributed by atoms with Crippen molar-refractivity contribution in [3.63, 3.8) is 0 Å². The summed E-state index contributed by atoms with van der Waals surface area (Å²) < 4.78 is 13.5. The molecule has 0 saturated carbocycles. The second-order valence-electron chi connectivity index (χ2n) is 2.94. The number of rotatable bonds is 2. The second-order valence-corrected chi connectivity index (χ2v) is 2.94. The summed E-state index contributed by atoms with van der Waals surface area (Å²) in [4.78, 5) is 10.5. The minimum Gasteiger partial charge on any atom is -0.478 e. The number of alkyl halides is 1. The van der Waals surface area contributed by atoms with Gasteiger partial charge in [-0.1, -0.05) is 29.8 Å². The molecule has 0 spiro atoms. The number of aliphatic carboxylic acids is 1. The lowest BCUT2D eigenvalue weighted by atomic mass is 9.97. The molecule has 0 aromatic heterocycles. The maximum absolute atomic E-state index is 13.5. The summed E-state index contributed by atoms with van der Waals surface area (Å²) in [5, 5.41) is 17.0. The maximum Gasteiger partial charge on any atom is 0.361 e. The highest BCUT2D eigenvalue weighted by Gasteiger charge is 2.41. The minimum atomic E-state index is -2.95. The normalized spacial score (nSPS) is 14.1. The summed E-state index contributed by atoms with van der Waals surface area (Å²) in [6.07, 6.45) is 0. The highest BCUT2D eigenvalue weighted by Crippen LogP contribution is 2.25. The van der Waals surface area contributed by atoms with E-state index in [0.29, 0.717) is 0 Å². The zero-order valence-electron chi connectivity index (χ0n) is 7.49. The van der Waals surface area contributed by atoms with Crippen LogP contribution in [0.25, 0.3) is 0 Å². The molecule has 3 nitrogen and oxygen atoms in total. The van der Waals surface area contributed by atoms with E-state index < -0.39 is 11.6 Å². The maximum atomic E-state index is 13.5. The van der Waals surface area contributed by atoms with Crippen LogP contribution in [-0.2, 0) is 10.5 Å². The molecule has 4 heteroatoms. The van der Waals surface area contributed by atoms with Crippen molar-refractivity contribution in [2.24, 2.45) is 0 Å². The van der Waals surface area contributed by atoms with E-state index in [1.165, 1.54) is 12.1 Å². The summed E-state index contributed by atoms with van der Waals surface area (Å²) in [5.41, 5.74) is -2.23. The molecule has 0 aliphatic heterocycles. The van der Waals surface area contributed by atoms with E-state index in [9.17, 15) is 9.18 Å². The Kier molecular flexibility index (Phi) is 2.52. The summed E-state index contributed by atoms with van der Waals surface area (Å²) in [5.74, 6) is -1.79. The van der Waals surface area contributed by atoms with Crippen LogP contribution in [0.3, 0.4) is 0 Å². The van der Waals surface area contributed by atoms with Crippen molar-refractivity contribution < 1.29 is 14.3 Å². The van der Waals surface area contributed by atoms with Gasteiger partial charge in [0.1, 0.15) is 6.07 Å². The predicted molar refractivity (Wildman–Crippen MR) is 47.2 cm³/mol. The molecule has 1 rings (SSSR count). The molecule has 72 valence electrons. The highest BCUT2D eigenvalue weighted by molar-refractivity contribution is 5.82. The second kappa shape index (κ2) is 3.46. The molecule has 14 heavy (non-hydrogen) atoms. The van der Waals surface area contributed by atoms with E-state index in [2.05, 4.69) is 0 Å². The number of benzene rings is 1. The van der Waals surface area contributed by atoms with Gasteiger partial charge < -0.3 is 5.11 Å². The zero-order valence-corrected chi connectivity index (χ0v) is 7.49. The van der Waals surface area contributed by atoms with E-state index in [1.54, 1.807) is 19.1 Å². The van der Waals surface area contributed by atoms with Crippen LogP contribution in [0.15, 0.2) is 24.3 Å². The number of nitriles is 1. The van der Waals surface area contributed by atoms with Gasteiger partial charge in [0.25, 0.3) is 0 Å². The molecule has 0 amide bonds. The van der Waals surface area contributed by atoms with E-state index >= 15 is 0 Å². The van der Waals surface area contributed by atoms with Crippen molar-refractivity contribution in [2.75, 3.05) is 0 Å². The highest BCUT2D eigenvalue weighted by atomic mass is 19.1. The third-order valence-corrected chi connectivity index (χ3v) is 1.90. The molecule has 0 fully saturated rings. The van der Waals surface area contributed by atoms with E-state index in [0.717, 1.165) is 11.6 Å². The Hall–Kier alpha value is -1.89. The Morgan fingerprint density at radius 3 is 2.36 bits per heavy atom. The molecular weight excluding hydrogens is 185 g/mol. The van der Waals surface area contributed by atoms with Gasteiger partial charge in [0.2, 0.25) is 0 Å². The average Bonchev–Trinajstić information content (AvgIpc) is 2.17. The Bertz CT molecular complexity index is 394. The Balaban J connectivity index is 3.22. The number of carbonyl (C=O) groups is 1. The Labute approximate surface area is 80.4 Å². The molecule has 1 N–H and O–H groups in total. The average molecular weight is 193 g/mol. The van der Waals surface area contributed by atoms with Crippen LogP contribution in [-0.4, -0.2) is 11.1 Å². The lowest BCUT2D eigenvalue weighted by Crippen LogP contribution is -2.28. The van der Waals surface area contributed by atoms with Crippen LogP contribution >= 0.6 is 0 Å². The van der Waals surface area contributed by atoms with Crippen LogP contribution in [0.4, 0.5) is 4.39 Å². The van der Waals surface area contributed by atoms with Crippen LogP contribution < -0.4 is 0 Å². The first-order valence-corrected chi connectivity index (χ1v) is 3.91. The van der Waals surface area contributed by atoms with Crippen molar-refractivity contribution >= 4 is 5.97 Å².